The number of nitrogens with zero attached hydrogens (tertiary/aromatic N) is 3. The summed E-state index contributed by atoms with van der Waals surface area (Å²) in [5, 5.41) is 0.787. The van der Waals surface area contributed by atoms with Crippen molar-refractivity contribution in [2.24, 2.45) is 0 Å². The predicted octanol–water partition coefficient (Wildman–Crippen LogP) is 4.13. The Balaban J connectivity index is 1.62. The molecular formula is C22H18N4O2. The predicted molar refractivity (Wildman–Crippen MR) is 107 cm³/mol. The van der Waals surface area contributed by atoms with Crippen LogP contribution in [0.3, 0.4) is 0 Å². The summed E-state index contributed by atoms with van der Waals surface area (Å²) in [6.45, 7) is 2.02. The molecule has 0 aliphatic rings. The fourth-order valence-corrected chi connectivity index (χ4v) is 3.06. The van der Waals surface area contributed by atoms with E-state index in [0.29, 0.717) is 35.1 Å². The molecule has 4 rings (SSSR count). The van der Waals surface area contributed by atoms with Gasteiger partial charge in [-0.25, -0.2) is 15.0 Å². The number of benzene rings is 2. The Labute approximate surface area is 162 Å². The van der Waals surface area contributed by atoms with E-state index in [-0.39, 0.29) is 5.78 Å². The smallest absolute Gasteiger partial charge is 0.226 e. The average molecular weight is 370 g/mol. The van der Waals surface area contributed by atoms with Crippen LogP contribution >= 0.6 is 0 Å². The highest BCUT2D eigenvalue weighted by Crippen LogP contribution is 2.24. The van der Waals surface area contributed by atoms with Gasteiger partial charge in [-0.2, -0.15) is 0 Å². The lowest BCUT2D eigenvalue weighted by Gasteiger charge is -2.08. The van der Waals surface area contributed by atoms with E-state index in [1.807, 2.05) is 55.5 Å². The zero-order chi connectivity index (χ0) is 19.5. The first-order valence-electron chi connectivity index (χ1n) is 8.82. The number of pyridine rings is 1. The maximum Gasteiger partial charge on any atom is 0.226 e. The fourth-order valence-electron chi connectivity index (χ4n) is 3.06. The summed E-state index contributed by atoms with van der Waals surface area (Å²) < 4.78 is 5.65. The normalized spacial score (nSPS) is 10.8. The van der Waals surface area contributed by atoms with Gasteiger partial charge in [0.05, 0.1) is 5.52 Å². The van der Waals surface area contributed by atoms with Crippen LogP contribution in [0.1, 0.15) is 21.5 Å². The van der Waals surface area contributed by atoms with Gasteiger partial charge in [0, 0.05) is 29.5 Å². The highest BCUT2D eigenvalue weighted by atomic mass is 16.5. The van der Waals surface area contributed by atoms with Crippen LogP contribution in [0.15, 0.2) is 67.0 Å². The molecule has 0 fully saturated rings. The van der Waals surface area contributed by atoms with Crippen molar-refractivity contribution < 1.29 is 9.53 Å². The number of hydrogen-bond acceptors (Lipinski definition) is 6. The number of Topliss-reactive ketones (excluding diaryl/α,β-unsaturated/α-hetero) is 1. The molecule has 2 N–H and O–H groups in total. The highest BCUT2D eigenvalue weighted by molar-refractivity contribution is 6.08. The maximum absolute atomic E-state index is 12.9. The number of aromatic nitrogens is 3. The molecule has 0 saturated heterocycles. The largest absolute Gasteiger partial charge is 0.421 e. The third kappa shape index (κ3) is 3.81. The maximum atomic E-state index is 12.9. The van der Waals surface area contributed by atoms with Crippen molar-refractivity contribution in [1.29, 1.82) is 0 Å². The topological polar surface area (TPSA) is 91.0 Å². The monoisotopic (exact) mass is 370 g/mol. The number of fused-ring (bicyclic) bond motifs is 1. The minimum atomic E-state index is 0.0512. The van der Waals surface area contributed by atoms with Crippen LogP contribution in [0.25, 0.3) is 10.9 Å². The van der Waals surface area contributed by atoms with E-state index in [2.05, 4.69) is 15.0 Å². The SMILES string of the molecule is Cc1cccc(CC(=O)c2cccc3nc(Oc4cc(N)ncn4)ccc23)c1. The van der Waals surface area contributed by atoms with Crippen molar-refractivity contribution in [3.63, 3.8) is 0 Å². The molecule has 0 aliphatic carbocycles. The zero-order valence-corrected chi connectivity index (χ0v) is 15.3. The van der Waals surface area contributed by atoms with Gasteiger partial charge in [-0.15, -0.1) is 0 Å². The zero-order valence-electron chi connectivity index (χ0n) is 15.3. The van der Waals surface area contributed by atoms with Crippen molar-refractivity contribution in [3.05, 3.63) is 83.7 Å². The van der Waals surface area contributed by atoms with Gasteiger partial charge in [0.1, 0.15) is 12.1 Å². The Morgan fingerprint density at radius 2 is 1.86 bits per heavy atom. The summed E-state index contributed by atoms with van der Waals surface area (Å²) in [5.41, 5.74) is 9.09. The summed E-state index contributed by atoms with van der Waals surface area (Å²) in [4.78, 5) is 25.2. The Kier molecular flexibility index (Phi) is 4.68. The number of ether oxygens (including phenoxy) is 1. The molecule has 0 amide bonds. The van der Waals surface area contributed by atoms with Crippen LogP contribution in [0, 0.1) is 6.92 Å². The first kappa shape index (κ1) is 17.6. The van der Waals surface area contributed by atoms with Crippen LogP contribution in [0.4, 0.5) is 5.82 Å². The Bertz CT molecular complexity index is 1170. The molecule has 28 heavy (non-hydrogen) atoms. The van der Waals surface area contributed by atoms with Gasteiger partial charge in [0.25, 0.3) is 0 Å². The molecule has 0 aliphatic heterocycles. The van der Waals surface area contributed by atoms with Crippen LogP contribution in [0.2, 0.25) is 0 Å². The minimum Gasteiger partial charge on any atom is -0.421 e. The molecule has 0 unspecified atom stereocenters. The lowest BCUT2D eigenvalue weighted by molar-refractivity contribution is 0.0994. The number of hydrogen-bond donors (Lipinski definition) is 1. The Morgan fingerprint density at radius 1 is 1.00 bits per heavy atom. The van der Waals surface area contributed by atoms with Crippen molar-refractivity contribution in [2.75, 3.05) is 5.73 Å². The molecule has 0 atom stereocenters. The fraction of sp³-hybridized carbons (Fsp3) is 0.0909. The van der Waals surface area contributed by atoms with E-state index in [1.54, 1.807) is 6.07 Å². The molecule has 0 saturated carbocycles. The lowest BCUT2D eigenvalue weighted by atomic mass is 9.98. The van der Waals surface area contributed by atoms with Crippen molar-refractivity contribution >= 4 is 22.5 Å². The van der Waals surface area contributed by atoms with E-state index in [4.69, 9.17) is 10.5 Å². The Morgan fingerprint density at radius 3 is 2.68 bits per heavy atom. The van der Waals surface area contributed by atoms with Crippen LogP contribution in [-0.4, -0.2) is 20.7 Å². The van der Waals surface area contributed by atoms with E-state index in [9.17, 15) is 4.79 Å². The van der Waals surface area contributed by atoms with Gasteiger partial charge in [0.2, 0.25) is 11.8 Å². The number of carbonyl (C=O) groups is 1. The van der Waals surface area contributed by atoms with E-state index < -0.39 is 0 Å². The number of nitrogens with two attached hydrogens (primary N) is 1. The standard InChI is InChI=1S/C22H18N4O2/c1-14-4-2-5-15(10-14)11-19(27)17-6-3-7-18-16(17)8-9-21(26-18)28-22-12-20(23)24-13-25-22/h2-10,12-13H,11H2,1H3,(H2,23,24,25). The van der Waals surface area contributed by atoms with Gasteiger partial charge in [-0.1, -0.05) is 42.0 Å². The average Bonchev–Trinajstić information content (AvgIpc) is 2.67. The van der Waals surface area contributed by atoms with Crippen LogP contribution < -0.4 is 10.5 Å². The summed E-state index contributed by atoms with van der Waals surface area (Å²) in [6.07, 6.45) is 1.67. The number of carbonyl (C=O) groups excluding carboxylic acids is 1. The summed E-state index contributed by atoms with van der Waals surface area (Å²) in [6, 6.07) is 18.5. The number of rotatable bonds is 5. The molecule has 2 aromatic heterocycles. The van der Waals surface area contributed by atoms with Gasteiger partial charge < -0.3 is 10.5 Å². The molecule has 0 bridgehead atoms. The van der Waals surface area contributed by atoms with Gasteiger partial charge >= 0.3 is 0 Å². The first-order valence-corrected chi connectivity index (χ1v) is 8.82. The Hall–Kier alpha value is -3.80. The lowest BCUT2D eigenvalue weighted by Crippen LogP contribution is -2.05. The summed E-state index contributed by atoms with van der Waals surface area (Å²) in [7, 11) is 0. The molecule has 2 aromatic carbocycles. The second kappa shape index (κ2) is 7.44. The second-order valence-electron chi connectivity index (χ2n) is 6.49. The molecule has 0 spiro atoms. The minimum absolute atomic E-state index is 0.0512. The van der Waals surface area contributed by atoms with Crippen molar-refractivity contribution in [1.82, 2.24) is 15.0 Å². The molecule has 4 aromatic rings. The second-order valence-corrected chi connectivity index (χ2v) is 6.49. The number of nitrogen functional groups attached to an aromatic ring is 1. The molecule has 0 radical (unpaired) electrons. The highest BCUT2D eigenvalue weighted by Gasteiger charge is 2.13. The van der Waals surface area contributed by atoms with Gasteiger partial charge in [-0.05, 0) is 24.6 Å². The number of anilines is 1. The number of aryl methyl sites for hydroxylation is 1. The quantitative estimate of drug-likeness (QED) is 0.531. The van der Waals surface area contributed by atoms with E-state index in [1.165, 1.54) is 12.4 Å². The van der Waals surface area contributed by atoms with E-state index >= 15 is 0 Å². The summed E-state index contributed by atoms with van der Waals surface area (Å²) >= 11 is 0. The van der Waals surface area contributed by atoms with Gasteiger partial charge in [0.15, 0.2) is 5.78 Å². The number of ketones is 1. The summed E-state index contributed by atoms with van der Waals surface area (Å²) in [5.74, 6) is 1.05. The molecule has 138 valence electrons. The van der Waals surface area contributed by atoms with Crippen molar-refractivity contribution in [2.45, 2.75) is 13.3 Å². The first-order chi connectivity index (χ1) is 13.6. The van der Waals surface area contributed by atoms with Crippen LogP contribution in [-0.2, 0) is 6.42 Å². The van der Waals surface area contributed by atoms with E-state index in [0.717, 1.165) is 16.5 Å². The molecule has 6 heteroatoms. The third-order valence-corrected chi connectivity index (χ3v) is 4.33. The van der Waals surface area contributed by atoms with Crippen molar-refractivity contribution in [3.8, 4) is 11.8 Å². The third-order valence-electron chi connectivity index (χ3n) is 4.33. The molecule has 2 heterocycles. The van der Waals surface area contributed by atoms with Gasteiger partial charge in [-0.3, -0.25) is 4.79 Å². The van der Waals surface area contributed by atoms with Crippen LogP contribution in [0.5, 0.6) is 11.8 Å². The molecule has 6 nitrogen and oxygen atoms in total. The molecular weight excluding hydrogens is 352 g/mol.